The van der Waals surface area contributed by atoms with Gasteiger partial charge in [0.25, 0.3) is 0 Å². The highest BCUT2D eigenvalue weighted by Crippen LogP contribution is 2.11. The number of carbonyl (C=O) groups excluding carboxylic acids is 3. The van der Waals surface area contributed by atoms with Crippen LogP contribution in [0.4, 0.5) is 4.79 Å². The van der Waals surface area contributed by atoms with Gasteiger partial charge in [-0.1, -0.05) is 24.3 Å². The fourth-order valence-corrected chi connectivity index (χ4v) is 2.16. The minimum atomic E-state index is -0.500. The number of alkyl carbamates (subject to hydrolysis) is 1. The number of amides is 1. The van der Waals surface area contributed by atoms with Crippen molar-refractivity contribution in [3.8, 4) is 0 Å². The molecule has 0 heterocycles. The van der Waals surface area contributed by atoms with Crippen LogP contribution in [0.15, 0.2) is 24.3 Å². The SMILES string of the molecule is CC(=O)OCC[C@H](CCNC(=O)OC[C@@H]1C=CC=CC1)OC(C)=O. The van der Waals surface area contributed by atoms with E-state index in [1.165, 1.54) is 13.8 Å². The Kier molecular flexibility index (Phi) is 9.26. The molecule has 0 bridgehead atoms. The highest BCUT2D eigenvalue weighted by molar-refractivity contribution is 5.67. The standard InChI is InChI=1S/C17H25NO6/c1-13(19)22-11-9-16(24-14(2)20)8-10-18-17(21)23-12-15-6-4-3-5-7-15/h3-6,15-16H,7-12H2,1-2H3,(H,18,21)/t15-,16+/m1/s1. The number of esters is 2. The lowest BCUT2D eigenvalue weighted by atomic mass is 10.0. The molecule has 0 saturated carbocycles. The molecule has 1 N–H and O–H groups in total. The molecule has 0 aromatic carbocycles. The molecule has 0 unspecified atom stereocenters. The Hall–Kier alpha value is -2.31. The second-order valence-electron chi connectivity index (χ2n) is 5.48. The first kappa shape index (κ1) is 19.7. The van der Waals surface area contributed by atoms with E-state index in [0.29, 0.717) is 26.0 Å². The summed E-state index contributed by atoms with van der Waals surface area (Å²) in [4.78, 5) is 33.5. The molecule has 2 atom stereocenters. The Morgan fingerprint density at radius 1 is 1.12 bits per heavy atom. The van der Waals surface area contributed by atoms with Crippen LogP contribution >= 0.6 is 0 Å². The number of hydrogen-bond acceptors (Lipinski definition) is 6. The van der Waals surface area contributed by atoms with Crippen LogP contribution in [0.5, 0.6) is 0 Å². The van der Waals surface area contributed by atoms with Gasteiger partial charge in [0.2, 0.25) is 0 Å². The third-order valence-corrected chi connectivity index (χ3v) is 3.31. The van der Waals surface area contributed by atoms with Gasteiger partial charge in [0.15, 0.2) is 0 Å². The van der Waals surface area contributed by atoms with E-state index in [0.717, 1.165) is 6.42 Å². The van der Waals surface area contributed by atoms with Gasteiger partial charge in [-0.05, 0) is 6.42 Å². The van der Waals surface area contributed by atoms with Crippen LogP contribution in [0.3, 0.4) is 0 Å². The van der Waals surface area contributed by atoms with Gasteiger partial charge in [-0.3, -0.25) is 9.59 Å². The lowest BCUT2D eigenvalue weighted by molar-refractivity contribution is -0.148. The van der Waals surface area contributed by atoms with Crippen molar-refractivity contribution in [1.29, 1.82) is 0 Å². The fraction of sp³-hybridized carbons (Fsp3) is 0.588. The molecule has 0 saturated heterocycles. The van der Waals surface area contributed by atoms with E-state index in [4.69, 9.17) is 14.2 Å². The van der Waals surface area contributed by atoms with Crippen LogP contribution < -0.4 is 5.32 Å². The Morgan fingerprint density at radius 3 is 2.54 bits per heavy atom. The van der Waals surface area contributed by atoms with Crippen molar-refractivity contribution in [2.24, 2.45) is 5.92 Å². The van der Waals surface area contributed by atoms with Crippen LogP contribution in [-0.2, 0) is 23.8 Å². The van der Waals surface area contributed by atoms with Crippen LogP contribution in [0, 0.1) is 5.92 Å². The first-order valence-corrected chi connectivity index (χ1v) is 8.02. The maximum Gasteiger partial charge on any atom is 0.407 e. The minimum Gasteiger partial charge on any atom is -0.466 e. The predicted octanol–water partition coefficient (Wildman–Crippen LogP) is 2.12. The molecule has 7 heteroatoms. The summed E-state index contributed by atoms with van der Waals surface area (Å²) in [5.74, 6) is -0.592. The summed E-state index contributed by atoms with van der Waals surface area (Å²) in [6.07, 6.45) is 8.65. The summed E-state index contributed by atoms with van der Waals surface area (Å²) < 4.78 is 15.1. The van der Waals surface area contributed by atoms with Gasteiger partial charge in [-0.25, -0.2) is 4.79 Å². The molecule has 1 aliphatic rings. The third-order valence-electron chi connectivity index (χ3n) is 3.31. The van der Waals surface area contributed by atoms with Crippen molar-refractivity contribution in [3.05, 3.63) is 24.3 Å². The van der Waals surface area contributed by atoms with E-state index in [1.54, 1.807) is 0 Å². The maximum atomic E-state index is 11.6. The Morgan fingerprint density at radius 2 is 1.92 bits per heavy atom. The van der Waals surface area contributed by atoms with Crippen molar-refractivity contribution in [3.63, 3.8) is 0 Å². The summed E-state index contributed by atoms with van der Waals surface area (Å²) in [5.41, 5.74) is 0. The molecular formula is C17H25NO6. The number of hydrogen-bond donors (Lipinski definition) is 1. The molecule has 0 radical (unpaired) electrons. The zero-order valence-electron chi connectivity index (χ0n) is 14.2. The number of rotatable bonds is 9. The molecule has 1 amide bonds. The molecule has 0 aliphatic heterocycles. The van der Waals surface area contributed by atoms with Gasteiger partial charge in [0.1, 0.15) is 6.10 Å². The van der Waals surface area contributed by atoms with E-state index in [9.17, 15) is 14.4 Å². The van der Waals surface area contributed by atoms with Crippen LogP contribution in [-0.4, -0.2) is 43.9 Å². The molecule has 0 aromatic rings. The maximum absolute atomic E-state index is 11.6. The third kappa shape index (κ3) is 9.66. The van der Waals surface area contributed by atoms with Gasteiger partial charge in [0, 0.05) is 39.2 Å². The van der Waals surface area contributed by atoms with Crippen molar-refractivity contribution in [2.75, 3.05) is 19.8 Å². The summed E-state index contributed by atoms with van der Waals surface area (Å²) in [6, 6.07) is 0. The van der Waals surface area contributed by atoms with E-state index < -0.39 is 18.2 Å². The number of ether oxygens (including phenoxy) is 3. The zero-order valence-corrected chi connectivity index (χ0v) is 14.2. The molecule has 7 nitrogen and oxygen atoms in total. The van der Waals surface area contributed by atoms with E-state index in [1.807, 2.05) is 24.3 Å². The first-order valence-electron chi connectivity index (χ1n) is 8.02. The molecule has 134 valence electrons. The monoisotopic (exact) mass is 339 g/mol. The van der Waals surface area contributed by atoms with Crippen LogP contribution in [0.2, 0.25) is 0 Å². The quantitative estimate of drug-likeness (QED) is 0.511. The van der Waals surface area contributed by atoms with Crippen LogP contribution in [0.1, 0.15) is 33.1 Å². The van der Waals surface area contributed by atoms with E-state index in [-0.39, 0.29) is 18.5 Å². The molecule has 0 fully saturated rings. The molecule has 1 rings (SSSR count). The minimum absolute atomic E-state index is 0.166. The van der Waals surface area contributed by atoms with Gasteiger partial charge in [-0.15, -0.1) is 0 Å². The summed E-state index contributed by atoms with van der Waals surface area (Å²) in [7, 11) is 0. The highest BCUT2D eigenvalue weighted by Gasteiger charge is 2.14. The highest BCUT2D eigenvalue weighted by atomic mass is 16.6. The first-order chi connectivity index (χ1) is 11.5. The number of carbonyl (C=O) groups is 3. The van der Waals surface area contributed by atoms with Gasteiger partial charge in [0.05, 0.1) is 13.2 Å². The second kappa shape index (κ2) is 11.3. The molecular weight excluding hydrogens is 314 g/mol. The molecule has 24 heavy (non-hydrogen) atoms. The Bertz CT molecular complexity index is 485. The normalized spacial score (nSPS) is 17.0. The zero-order chi connectivity index (χ0) is 17.8. The van der Waals surface area contributed by atoms with Crippen molar-refractivity contribution >= 4 is 18.0 Å². The van der Waals surface area contributed by atoms with Crippen molar-refractivity contribution in [2.45, 2.75) is 39.2 Å². The fourth-order valence-electron chi connectivity index (χ4n) is 2.16. The average Bonchev–Trinajstić information content (AvgIpc) is 2.53. The van der Waals surface area contributed by atoms with Crippen LogP contribution in [0.25, 0.3) is 0 Å². The predicted molar refractivity (Wildman–Crippen MR) is 87.2 cm³/mol. The number of nitrogens with one attached hydrogen (secondary N) is 1. The Balaban J connectivity index is 2.20. The van der Waals surface area contributed by atoms with Crippen molar-refractivity contribution < 1.29 is 28.6 Å². The van der Waals surface area contributed by atoms with E-state index in [2.05, 4.69) is 5.32 Å². The van der Waals surface area contributed by atoms with Gasteiger partial charge in [-0.2, -0.15) is 0 Å². The Labute approximate surface area is 142 Å². The summed E-state index contributed by atoms with van der Waals surface area (Å²) in [6.45, 7) is 3.42. The average molecular weight is 339 g/mol. The lowest BCUT2D eigenvalue weighted by Crippen LogP contribution is -2.30. The summed E-state index contributed by atoms with van der Waals surface area (Å²) in [5, 5.41) is 2.62. The second-order valence-corrected chi connectivity index (χ2v) is 5.48. The van der Waals surface area contributed by atoms with Gasteiger partial charge >= 0.3 is 18.0 Å². The van der Waals surface area contributed by atoms with Gasteiger partial charge < -0.3 is 19.5 Å². The molecule has 0 aromatic heterocycles. The molecule has 0 spiro atoms. The number of allylic oxidation sites excluding steroid dienone is 3. The van der Waals surface area contributed by atoms with E-state index >= 15 is 0 Å². The summed E-state index contributed by atoms with van der Waals surface area (Å²) >= 11 is 0. The lowest BCUT2D eigenvalue weighted by Gasteiger charge is -2.17. The largest absolute Gasteiger partial charge is 0.466 e. The smallest absolute Gasteiger partial charge is 0.407 e. The molecule has 1 aliphatic carbocycles. The topological polar surface area (TPSA) is 90.9 Å². The van der Waals surface area contributed by atoms with Crippen molar-refractivity contribution in [1.82, 2.24) is 5.32 Å².